The fourth-order valence-corrected chi connectivity index (χ4v) is 3.51. The number of halogens is 1. The number of anilines is 1. The lowest BCUT2D eigenvalue weighted by Gasteiger charge is -2.16. The predicted octanol–water partition coefficient (Wildman–Crippen LogP) is 2.22. The fraction of sp³-hybridized carbons (Fsp3) is 0.500. The molecule has 0 unspecified atom stereocenters. The zero-order valence-electron chi connectivity index (χ0n) is 10.1. The van der Waals surface area contributed by atoms with E-state index in [0.29, 0.717) is 24.7 Å². The standard InChI is InChI=1S/C12H17ClN2O2S/c13-8-7-11-3-5-12(6-4-11)14-18(16,17)15-9-1-2-10-15/h3-6,14H,1-2,7-10H2. The maximum absolute atomic E-state index is 12.0. The fourth-order valence-electron chi connectivity index (χ4n) is 1.99. The summed E-state index contributed by atoms with van der Waals surface area (Å²) in [5.74, 6) is 0.568. The Labute approximate surface area is 113 Å². The van der Waals surface area contributed by atoms with Gasteiger partial charge in [0.05, 0.1) is 0 Å². The van der Waals surface area contributed by atoms with Crippen LogP contribution in [0.5, 0.6) is 0 Å². The second-order valence-corrected chi connectivity index (χ2v) is 6.40. The average molecular weight is 289 g/mol. The van der Waals surface area contributed by atoms with Gasteiger partial charge < -0.3 is 0 Å². The van der Waals surface area contributed by atoms with Gasteiger partial charge in [0.25, 0.3) is 0 Å². The quantitative estimate of drug-likeness (QED) is 0.845. The Morgan fingerprint density at radius 3 is 2.33 bits per heavy atom. The summed E-state index contributed by atoms with van der Waals surface area (Å²) >= 11 is 5.65. The van der Waals surface area contributed by atoms with E-state index in [-0.39, 0.29) is 0 Å². The van der Waals surface area contributed by atoms with E-state index in [9.17, 15) is 8.42 Å². The number of nitrogens with one attached hydrogen (secondary N) is 1. The molecule has 100 valence electrons. The summed E-state index contributed by atoms with van der Waals surface area (Å²) in [5, 5.41) is 0. The Balaban J connectivity index is 2.04. The lowest BCUT2D eigenvalue weighted by molar-refractivity contribution is 0.482. The molecule has 1 aromatic rings. The first-order chi connectivity index (χ1) is 8.62. The number of hydrogen-bond donors (Lipinski definition) is 1. The highest BCUT2D eigenvalue weighted by atomic mass is 35.5. The first kappa shape index (κ1) is 13.6. The third kappa shape index (κ3) is 3.37. The molecule has 0 aliphatic carbocycles. The van der Waals surface area contributed by atoms with E-state index in [1.165, 1.54) is 4.31 Å². The molecule has 0 aromatic heterocycles. The van der Waals surface area contributed by atoms with Crippen LogP contribution in [-0.2, 0) is 16.6 Å². The maximum Gasteiger partial charge on any atom is 0.301 e. The van der Waals surface area contributed by atoms with Gasteiger partial charge in [0, 0.05) is 24.7 Å². The van der Waals surface area contributed by atoms with Crippen molar-refractivity contribution >= 4 is 27.5 Å². The van der Waals surface area contributed by atoms with Gasteiger partial charge in [-0.1, -0.05) is 12.1 Å². The van der Waals surface area contributed by atoms with Crippen molar-refractivity contribution in [1.29, 1.82) is 0 Å². The third-order valence-corrected chi connectivity index (χ3v) is 4.72. The highest BCUT2D eigenvalue weighted by molar-refractivity contribution is 7.90. The van der Waals surface area contributed by atoms with E-state index in [1.807, 2.05) is 12.1 Å². The van der Waals surface area contributed by atoms with Crippen molar-refractivity contribution in [1.82, 2.24) is 4.31 Å². The summed E-state index contributed by atoms with van der Waals surface area (Å²) in [5.41, 5.74) is 1.70. The summed E-state index contributed by atoms with van der Waals surface area (Å²) in [6.45, 7) is 1.22. The van der Waals surface area contributed by atoms with Gasteiger partial charge in [0.15, 0.2) is 0 Å². The molecule has 1 heterocycles. The van der Waals surface area contributed by atoms with Gasteiger partial charge in [-0.15, -0.1) is 11.6 Å². The van der Waals surface area contributed by atoms with Crippen LogP contribution in [0.15, 0.2) is 24.3 Å². The molecule has 1 saturated heterocycles. The minimum absolute atomic E-state index is 0.568. The highest BCUT2D eigenvalue weighted by Crippen LogP contribution is 2.17. The van der Waals surface area contributed by atoms with Crippen molar-refractivity contribution in [2.24, 2.45) is 0 Å². The minimum Gasteiger partial charge on any atom is -0.271 e. The summed E-state index contributed by atoms with van der Waals surface area (Å²) in [7, 11) is -3.38. The smallest absolute Gasteiger partial charge is 0.271 e. The number of aryl methyl sites for hydroxylation is 1. The van der Waals surface area contributed by atoms with Gasteiger partial charge in [-0.05, 0) is 37.0 Å². The Kier molecular flexibility index (Phi) is 4.48. The Morgan fingerprint density at radius 2 is 1.78 bits per heavy atom. The highest BCUT2D eigenvalue weighted by Gasteiger charge is 2.24. The Hall–Kier alpha value is -0.780. The number of hydrogen-bond acceptors (Lipinski definition) is 2. The number of alkyl halides is 1. The SMILES string of the molecule is O=S(=O)(Nc1ccc(CCCl)cc1)N1CCCC1. The molecule has 18 heavy (non-hydrogen) atoms. The summed E-state index contributed by atoms with van der Waals surface area (Å²) in [4.78, 5) is 0. The van der Waals surface area contributed by atoms with E-state index in [4.69, 9.17) is 11.6 Å². The number of nitrogens with zero attached hydrogens (tertiary/aromatic N) is 1. The molecule has 0 amide bonds. The molecule has 1 aliphatic heterocycles. The molecule has 1 fully saturated rings. The van der Waals surface area contributed by atoms with Crippen molar-refractivity contribution in [2.45, 2.75) is 19.3 Å². The molecule has 0 radical (unpaired) electrons. The van der Waals surface area contributed by atoms with E-state index in [0.717, 1.165) is 24.8 Å². The monoisotopic (exact) mass is 288 g/mol. The third-order valence-electron chi connectivity index (χ3n) is 2.99. The minimum atomic E-state index is -3.38. The second-order valence-electron chi connectivity index (χ2n) is 4.35. The van der Waals surface area contributed by atoms with Gasteiger partial charge in [-0.3, -0.25) is 4.72 Å². The first-order valence-corrected chi connectivity index (χ1v) is 8.02. The van der Waals surface area contributed by atoms with Crippen molar-refractivity contribution in [2.75, 3.05) is 23.7 Å². The van der Waals surface area contributed by atoms with Crippen LogP contribution in [0.4, 0.5) is 5.69 Å². The summed E-state index contributed by atoms with van der Waals surface area (Å²) in [6.07, 6.45) is 2.67. The molecule has 1 aliphatic rings. The van der Waals surface area contributed by atoms with Gasteiger partial charge in [0.1, 0.15) is 0 Å². The van der Waals surface area contributed by atoms with Crippen LogP contribution in [0, 0.1) is 0 Å². The molecule has 0 saturated carbocycles. The summed E-state index contributed by atoms with van der Waals surface area (Å²) in [6, 6.07) is 7.33. The first-order valence-electron chi connectivity index (χ1n) is 6.04. The van der Waals surface area contributed by atoms with Crippen molar-refractivity contribution in [3.63, 3.8) is 0 Å². The van der Waals surface area contributed by atoms with Crippen molar-refractivity contribution < 1.29 is 8.42 Å². The molecular weight excluding hydrogens is 272 g/mol. The van der Waals surface area contributed by atoms with Crippen LogP contribution in [0.1, 0.15) is 18.4 Å². The maximum atomic E-state index is 12.0. The van der Waals surface area contributed by atoms with Crippen molar-refractivity contribution in [3.05, 3.63) is 29.8 Å². The van der Waals surface area contributed by atoms with Gasteiger partial charge in [0.2, 0.25) is 0 Å². The normalized spacial score (nSPS) is 16.9. The Morgan fingerprint density at radius 1 is 1.17 bits per heavy atom. The van der Waals surface area contributed by atoms with Crippen LogP contribution in [0.25, 0.3) is 0 Å². The molecule has 0 bridgehead atoms. The van der Waals surface area contributed by atoms with Gasteiger partial charge >= 0.3 is 10.2 Å². The van der Waals surface area contributed by atoms with E-state index >= 15 is 0 Å². The zero-order chi connectivity index (χ0) is 13.0. The molecule has 0 atom stereocenters. The predicted molar refractivity (Wildman–Crippen MR) is 74.2 cm³/mol. The largest absolute Gasteiger partial charge is 0.301 e. The molecule has 1 aromatic carbocycles. The van der Waals surface area contributed by atoms with E-state index in [2.05, 4.69) is 4.72 Å². The summed E-state index contributed by atoms with van der Waals surface area (Å²) < 4.78 is 28.1. The topological polar surface area (TPSA) is 49.4 Å². The van der Waals surface area contributed by atoms with Crippen molar-refractivity contribution in [3.8, 4) is 0 Å². The molecular formula is C12H17ClN2O2S. The molecule has 2 rings (SSSR count). The number of benzene rings is 1. The van der Waals surface area contributed by atoms with E-state index in [1.54, 1.807) is 12.1 Å². The lowest BCUT2D eigenvalue weighted by Crippen LogP contribution is -2.33. The molecule has 0 spiro atoms. The Bertz CT molecular complexity index is 481. The van der Waals surface area contributed by atoms with E-state index < -0.39 is 10.2 Å². The molecule has 4 nitrogen and oxygen atoms in total. The zero-order valence-corrected chi connectivity index (χ0v) is 11.7. The van der Waals surface area contributed by atoms with Crippen LogP contribution in [0.2, 0.25) is 0 Å². The molecule has 1 N–H and O–H groups in total. The molecule has 6 heteroatoms. The lowest BCUT2D eigenvalue weighted by atomic mass is 10.2. The van der Waals surface area contributed by atoms with Gasteiger partial charge in [-0.25, -0.2) is 0 Å². The number of rotatable bonds is 5. The van der Waals surface area contributed by atoms with Gasteiger partial charge in [-0.2, -0.15) is 12.7 Å². The van der Waals surface area contributed by atoms with Crippen LogP contribution in [-0.4, -0.2) is 31.7 Å². The van der Waals surface area contributed by atoms with Crippen LogP contribution < -0.4 is 4.72 Å². The van der Waals surface area contributed by atoms with Crippen LogP contribution in [0.3, 0.4) is 0 Å². The average Bonchev–Trinajstić information content (AvgIpc) is 2.86. The van der Waals surface area contributed by atoms with Crippen LogP contribution >= 0.6 is 11.6 Å². The second kappa shape index (κ2) is 5.91.